The summed E-state index contributed by atoms with van der Waals surface area (Å²) < 4.78 is 30.3. The number of hydrogen-bond acceptors (Lipinski definition) is 5. The van der Waals surface area contributed by atoms with Gasteiger partial charge in [-0.3, -0.25) is 0 Å². The predicted molar refractivity (Wildman–Crippen MR) is 92.3 cm³/mol. The van der Waals surface area contributed by atoms with Gasteiger partial charge in [0.1, 0.15) is 5.76 Å². The molecule has 0 amide bonds. The molecule has 0 bridgehead atoms. The summed E-state index contributed by atoms with van der Waals surface area (Å²) in [6.07, 6.45) is 1.67. The molecule has 5 nitrogen and oxygen atoms in total. The number of aryl methyl sites for hydroxylation is 1. The number of sulfone groups is 1. The van der Waals surface area contributed by atoms with Crippen LogP contribution in [-0.4, -0.2) is 13.4 Å². The lowest BCUT2D eigenvalue weighted by Gasteiger charge is -2.08. The Morgan fingerprint density at radius 2 is 1.88 bits per heavy atom. The molecule has 0 radical (unpaired) electrons. The van der Waals surface area contributed by atoms with Crippen molar-refractivity contribution in [3.8, 4) is 0 Å². The second-order valence-electron chi connectivity index (χ2n) is 5.49. The highest BCUT2D eigenvalue weighted by Crippen LogP contribution is 2.19. The molecular weight excluding hydrogens is 324 g/mol. The Morgan fingerprint density at radius 1 is 1.08 bits per heavy atom. The molecule has 6 heteroatoms. The minimum Gasteiger partial charge on any atom is -0.444 e. The summed E-state index contributed by atoms with van der Waals surface area (Å²) in [5, 5.41) is 3.19. The molecule has 0 unspecified atom stereocenters. The second kappa shape index (κ2) is 6.88. The monoisotopic (exact) mass is 342 g/mol. The maximum absolute atomic E-state index is 12.4. The van der Waals surface area contributed by atoms with Crippen LogP contribution in [0.3, 0.4) is 0 Å². The number of aromatic nitrogens is 1. The Labute approximate surface area is 141 Å². The molecular formula is C18H18N2O3S. The molecule has 1 heterocycles. The zero-order chi connectivity index (χ0) is 17.0. The van der Waals surface area contributed by atoms with Crippen LogP contribution in [0.1, 0.15) is 17.2 Å². The summed E-state index contributed by atoms with van der Waals surface area (Å²) in [5.41, 5.74) is 1.55. The van der Waals surface area contributed by atoms with Crippen LogP contribution in [0.15, 0.2) is 70.1 Å². The van der Waals surface area contributed by atoms with Crippen molar-refractivity contribution in [2.24, 2.45) is 0 Å². The summed E-state index contributed by atoms with van der Waals surface area (Å²) in [6.45, 7) is 2.29. The normalized spacial score (nSPS) is 11.4. The van der Waals surface area contributed by atoms with Crippen molar-refractivity contribution in [2.75, 3.05) is 5.32 Å². The zero-order valence-electron chi connectivity index (χ0n) is 13.3. The van der Waals surface area contributed by atoms with E-state index in [0.29, 0.717) is 17.3 Å². The average Bonchev–Trinajstić information content (AvgIpc) is 2.99. The largest absolute Gasteiger partial charge is 0.444 e. The van der Waals surface area contributed by atoms with Crippen LogP contribution < -0.4 is 5.32 Å². The van der Waals surface area contributed by atoms with Gasteiger partial charge in [-0.25, -0.2) is 13.4 Å². The Hall–Kier alpha value is -2.60. The molecule has 0 fully saturated rings. The summed E-state index contributed by atoms with van der Waals surface area (Å²) >= 11 is 0. The van der Waals surface area contributed by atoms with Crippen LogP contribution in [0.2, 0.25) is 0 Å². The van der Waals surface area contributed by atoms with Gasteiger partial charge in [0.25, 0.3) is 0 Å². The van der Waals surface area contributed by atoms with Gasteiger partial charge in [-0.1, -0.05) is 30.3 Å². The molecule has 124 valence electrons. The van der Waals surface area contributed by atoms with Gasteiger partial charge in [-0.15, -0.1) is 0 Å². The first-order valence-electron chi connectivity index (χ1n) is 7.55. The quantitative estimate of drug-likeness (QED) is 0.741. The molecule has 2 aromatic carbocycles. The highest BCUT2D eigenvalue weighted by Gasteiger charge is 2.15. The van der Waals surface area contributed by atoms with E-state index in [0.717, 1.165) is 17.0 Å². The van der Waals surface area contributed by atoms with E-state index >= 15 is 0 Å². The standard InChI is InChI=1S/C18H18N2O3S/c1-14-11-20-18(23-14)12-19-16-7-5-6-15(10-16)13-24(21,22)17-8-3-2-4-9-17/h2-11,19H,12-13H2,1H3. The Kier molecular flexibility index (Phi) is 4.66. The molecule has 1 N–H and O–H groups in total. The maximum Gasteiger partial charge on any atom is 0.213 e. The smallest absolute Gasteiger partial charge is 0.213 e. The van der Waals surface area contributed by atoms with Gasteiger partial charge in [0, 0.05) is 5.69 Å². The number of nitrogens with zero attached hydrogens (tertiary/aromatic N) is 1. The fourth-order valence-electron chi connectivity index (χ4n) is 2.36. The van der Waals surface area contributed by atoms with Gasteiger partial charge in [-0.05, 0) is 36.8 Å². The van der Waals surface area contributed by atoms with Crippen LogP contribution in [-0.2, 0) is 22.1 Å². The van der Waals surface area contributed by atoms with E-state index in [-0.39, 0.29) is 5.75 Å². The first-order chi connectivity index (χ1) is 11.5. The summed E-state index contributed by atoms with van der Waals surface area (Å²) in [6, 6.07) is 15.8. The number of nitrogens with one attached hydrogen (secondary N) is 1. The first kappa shape index (κ1) is 16.3. The number of rotatable bonds is 6. The molecule has 0 aliphatic heterocycles. The molecule has 0 aliphatic rings. The van der Waals surface area contributed by atoms with Gasteiger partial charge < -0.3 is 9.73 Å². The van der Waals surface area contributed by atoms with Crippen LogP contribution in [0.4, 0.5) is 5.69 Å². The fraction of sp³-hybridized carbons (Fsp3) is 0.167. The molecule has 0 spiro atoms. The van der Waals surface area contributed by atoms with E-state index in [4.69, 9.17) is 4.42 Å². The maximum atomic E-state index is 12.4. The van der Waals surface area contributed by atoms with E-state index in [1.165, 1.54) is 0 Å². The number of anilines is 1. The molecule has 0 saturated heterocycles. The molecule has 3 rings (SSSR count). The first-order valence-corrected chi connectivity index (χ1v) is 9.20. The Balaban J connectivity index is 1.71. The topological polar surface area (TPSA) is 72.2 Å². The van der Waals surface area contributed by atoms with E-state index in [2.05, 4.69) is 10.3 Å². The lowest BCUT2D eigenvalue weighted by atomic mass is 10.2. The van der Waals surface area contributed by atoms with Crippen LogP contribution in [0, 0.1) is 6.92 Å². The summed E-state index contributed by atoms with van der Waals surface area (Å²) in [7, 11) is -3.35. The molecule has 0 aliphatic carbocycles. The van der Waals surface area contributed by atoms with Crippen molar-refractivity contribution < 1.29 is 12.8 Å². The van der Waals surface area contributed by atoms with E-state index in [1.54, 1.807) is 42.6 Å². The van der Waals surface area contributed by atoms with Crippen LogP contribution >= 0.6 is 0 Å². The van der Waals surface area contributed by atoms with Gasteiger partial charge in [0.15, 0.2) is 9.84 Å². The van der Waals surface area contributed by atoms with E-state index in [9.17, 15) is 8.42 Å². The van der Waals surface area contributed by atoms with Gasteiger partial charge in [-0.2, -0.15) is 0 Å². The Bertz CT molecular complexity index is 918. The summed E-state index contributed by atoms with van der Waals surface area (Å²) in [5.74, 6) is 1.31. The van der Waals surface area contributed by atoms with Crippen molar-refractivity contribution in [1.29, 1.82) is 0 Å². The third kappa shape index (κ3) is 4.02. The fourth-order valence-corrected chi connectivity index (χ4v) is 3.72. The van der Waals surface area contributed by atoms with Crippen molar-refractivity contribution in [1.82, 2.24) is 4.98 Å². The molecule has 1 aromatic heterocycles. The SMILES string of the molecule is Cc1cnc(CNc2cccc(CS(=O)(=O)c3ccccc3)c2)o1. The van der Waals surface area contributed by atoms with Crippen molar-refractivity contribution >= 4 is 15.5 Å². The molecule has 3 aromatic rings. The van der Waals surface area contributed by atoms with Gasteiger partial charge in [0.05, 0.1) is 23.4 Å². The number of oxazole rings is 1. The predicted octanol–water partition coefficient (Wildman–Crippen LogP) is 3.57. The van der Waals surface area contributed by atoms with Gasteiger partial charge in [0.2, 0.25) is 5.89 Å². The number of hydrogen-bond donors (Lipinski definition) is 1. The third-order valence-corrected chi connectivity index (χ3v) is 5.20. The molecule has 0 saturated carbocycles. The molecule has 24 heavy (non-hydrogen) atoms. The van der Waals surface area contributed by atoms with Crippen LogP contribution in [0.25, 0.3) is 0 Å². The average molecular weight is 342 g/mol. The van der Waals surface area contributed by atoms with E-state index in [1.807, 2.05) is 25.1 Å². The van der Waals surface area contributed by atoms with Crippen molar-refractivity contribution in [3.05, 3.63) is 78.0 Å². The highest BCUT2D eigenvalue weighted by atomic mass is 32.2. The summed E-state index contributed by atoms with van der Waals surface area (Å²) in [4.78, 5) is 4.46. The lowest BCUT2D eigenvalue weighted by molar-refractivity contribution is 0.479. The van der Waals surface area contributed by atoms with Crippen LogP contribution in [0.5, 0.6) is 0 Å². The molecule has 0 atom stereocenters. The number of benzene rings is 2. The minimum absolute atomic E-state index is 0.0371. The van der Waals surface area contributed by atoms with E-state index < -0.39 is 9.84 Å². The zero-order valence-corrected chi connectivity index (χ0v) is 14.1. The second-order valence-corrected chi connectivity index (χ2v) is 7.48. The highest BCUT2D eigenvalue weighted by molar-refractivity contribution is 7.90. The van der Waals surface area contributed by atoms with Gasteiger partial charge >= 0.3 is 0 Å². The third-order valence-electron chi connectivity index (χ3n) is 3.50. The minimum atomic E-state index is -3.35. The Morgan fingerprint density at radius 3 is 2.58 bits per heavy atom. The lowest BCUT2D eigenvalue weighted by Crippen LogP contribution is -2.05. The van der Waals surface area contributed by atoms with Crippen molar-refractivity contribution in [2.45, 2.75) is 24.1 Å². The van der Waals surface area contributed by atoms with Crippen molar-refractivity contribution in [3.63, 3.8) is 0 Å².